The first-order valence-corrected chi connectivity index (χ1v) is 5.28. The average molecular weight is 210 g/mol. The molecule has 0 saturated heterocycles. The number of halogens is 1. The van der Waals surface area contributed by atoms with Gasteiger partial charge in [-0.25, -0.2) is 0 Å². The predicted molar refractivity (Wildman–Crippen MR) is 51.5 cm³/mol. The van der Waals surface area contributed by atoms with Crippen LogP contribution in [0.3, 0.4) is 0 Å². The Morgan fingerprint density at radius 3 is 1.92 bits per heavy atom. The van der Waals surface area contributed by atoms with Gasteiger partial charge in [0.25, 0.3) is 0 Å². The number of aliphatic hydroxyl groups is 1. The largest absolute Gasteiger partial charge is 1.00 e. The summed E-state index contributed by atoms with van der Waals surface area (Å²) < 4.78 is 0. The molecule has 0 aromatic rings. The minimum absolute atomic E-state index is 0. The highest BCUT2D eigenvalue weighted by molar-refractivity contribution is 4.45. The molecule has 0 aliphatic rings. The second-order valence-electron chi connectivity index (χ2n) is 3.56. The highest BCUT2D eigenvalue weighted by Crippen LogP contribution is 2.08. The molecule has 3 heteroatoms. The molecule has 1 atom stereocenters. The lowest BCUT2D eigenvalue weighted by Gasteiger charge is -2.01. The third kappa shape index (κ3) is 15.0. The zero-order chi connectivity index (χ0) is 9.23. The number of unbranched alkanes of at least 4 members (excludes halogenated alkanes) is 6. The number of hydrogen-bond acceptors (Lipinski definition) is 1. The number of rotatable bonds is 8. The molecule has 0 heterocycles. The predicted octanol–water partition coefficient (Wildman–Crippen LogP) is -1.31. The topological polar surface area (TPSA) is 47.9 Å². The fourth-order valence-electron chi connectivity index (χ4n) is 1.34. The van der Waals surface area contributed by atoms with Crippen molar-refractivity contribution in [3.8, 4) is 0 Å². The van der Waals surface area contributed by atoms with Gasteiger partial charge in [-0.1, -0.05) is 45.4 Å². The van der Waals surface area contributed by atoms with Crippen LogP contribution in [0.1, 0.15) is 58.3 Å². The van der Waals surface area contributed by atoms with Crippen molar-refractivity contribution >= 4 is 0 Å². The van der Waals surface area contributed by atoms with Crippen LogP contribution in [0.5, 0.6) is 0 Å². The van der Waals surface area contributed by atoms with Crippen molar-refractivity contribution in [1.82, 2.24) is 0 Å². The van der Waals surface area contributed by atoms with Crippen LogP contribution in [0.25, 0.3) is 0 Å². The van der Waals surface area contributed by atoms with Crippen molar-refractivity contribution in [3.05, 3.63) is 0 Å². The Morgan fingerprint density at radius 1 is 1.00 bits per heavy atom. The van der Waals surface area contributed by atoms with Crippen molar-refractivity contribution in [2.24, 2.45) is 0 Å². The second kappa shape index (κ2) is 12.2. The molecule has 1 unspecified atom stereocenters. The Balaban J connectivity index is 0. The summed E-state index contributed by atoms with van der Waals surface area (Å²) in [6.07, 6.45) is 9.67. The van der Waals surface area contributed by atoms with Crippen LogP contribution in [-0.2, 0) is 0 Å². The van der Waals surface area contributed by atoms with Crippen molar-refractivity contribution in [1.29, 1.82) is 0 Å². The molecule has 0 fully saturated rings. The zero-order valence-corrected chi connectivity index (χ0v) is 9.52. The smallest absolute Gasteiger partial charge is 0.185 e. The fraction of sp³-hybridized carbons (Fsp3) is 1.00. The summed E-state index contributed by atoms with van der Waals surface area (Å²) in [6.45, 7) is 2.24. The summed E-state index contributed by atoms with van der Waals surface area (Å²) >= 11 is 0. The van der Waals surface area contributed by atoms with E-state index in [-0.39, 0.29) is 18.6 Å². The fourth-order valence-corrected chi connectivity index (χ4v) is 1.34. The number of hydrogen-bond donors (Lipinski definition) is 2. The van der Waals surface area contributed by atoms with Gasteiger partial charge < -0.3 is 23.2 Å². The third-order valence-corrected chi connectivity index (χ3v) is 2.14. The van der Waals surface area contributed by atoms with E-state index in [0.717, 1.165) is 12.8 Å². The number of aliphatic hydroxyl groups excluding tert-OH is 1. The Labute approximate surface area is 88.3 Å². The molecular formula is C10H24ClNO. The highest BCUT2D eigenvalue weighted by atomic mass is 35.5. The first kappa shape index (κ1) is 15.7. The summed E-state index contributed by atoms with van der Waals surface area (Å²) in [6, 6.07) is 0. The van der Waals surface area contributed by atoms with E-state index in [1.807, 2.05) is 0 Å². The average Bonchev–Trinajstić information content (AvgIpc) is 2.02. The molecule has 0 radical (unpaired) electrons. The summed E-state index contributed by atoms with van der Waals surface area (Å²) in [4.78, 5) is 0. The molecule has 0 aromatic heterocycles. The molecule has 0 aromatic carbocycles. The lowest BCUT2D eigenvalue weighted by Crippen LogP contribution is -3.00. The Kier molecular flexibility index (Phi) is 14.7. The van der Waals surface area contributed by atoms with Crippen molar-refractivity contribution in [2.75, 3.05) is 0 Å². The SMILES string of the molecule is CCCCCCCCCC([NH3+])O.[Cl-]. The van der Waals surface area contributed by atoms with Crippen LogP contribution >= 0.6 is 0 Å². The lowest BCUT2D eigenvalue weighted by atomic mass is 10.1. The lowest BCUT2D eigenvalue weighted by molar-refractivity contribution is -0.483. The van der Waals surface area contributed by atoms with E-state index in [0.29, 0.717) is 0 Å². The van der Waals surface area contributed by atoms with E-state index in [4.69, 9.17) is 5.11 Å². The molecule has 0 bridgehead atoms. The van der Waals surface area contributed by atoms with Crippen LogP contribution in [0.4, 0.5) is 0 Å². The third-order valence-electron chi connectivity index (χ3n) is 2.14. The van der Waals surface area contributed by atoms with E-state index in [1.165, 1.54) is 38.5 Å². The van der Waals surface area contributed by atoms with Crippen molar-refractivity contribution < 1.29 is 23.2 Å². The normalized spacial score (nSPS) is 12.2. The van der Waals surface area contributed by atoms with Gasteiger partial charge in [-0.05, 0) is 6.42 Å². The van der Waals surface area contributed by atoms with Crippen LogP contribution in [0, 0.1) is 0 Å². The molecule has 0 rings (SSSR count). The second-order valence-corrected chi connectivity index (χ2v) is 3.56. The van der Waals surface area contributed by atoms with Gasteiger partial charge in [0.1, 0.15) is 0 Å². The maximum Gasteiger partial charge on any atom is 0.185 e. The van der Waals surface area contributed by atoms with Crippen LogP contribution in [-0.4, -0.2) is 11.3 Å². The van der Waals surface area contributed by atoms with Gasteiger partial charge in [0, 0.05) is 6.42 Å². The number of quaternary nitrogens is 1. The van der Waals surface area contributed by atoms with Crippen LogP contribution in [0.15, 0.2) is 0 Å². The van der Waals surface area contributed by atoms with Crippen LogP contribution in [0.2, 0.25) is 0 Å². The minimum atomic E-state index is -0.347. The van der Waals surface area contributed by atoms with Crippen molar-refractivity contribution in [2.45, 2.75) is 64.5 Å². The van der Waals surface area contributed by atoms with Gasteiger partial charge in [0.15, 0.2) is 6.23 Å². The van der Waals surface area contributed by atoms with Gasteiger partial charge in [-0.15, -0.1) is 0 Å². The van der Waals surface area contributed by atoms with Gasteiger partial charge in [0.05, 0.1) is 0 Å². The van der Waals surface area contributed by atoms with E-state index in [9.17, 15) is 0 Å². The first-order valence-electron chi connectivity index (χ1n) is 5.28. The van der Waals surface area contributed by atoms with Gasteiger partial charge in [0.2, 0.25) is 0 Å². The van der Waals surface area contributed by atoms with E-state index in [1.54, 1.807) is 0 Å². The van der Waals surface area contributed by atoms with E-state index >= 15 is 0 Å². The first-order chi connectivity index (χ1) is 5.77. The maximum absolute atomic E-state index is 8.88. The maximum atomic E-state index is 8.88. The summed E-state index contributed by atoms with van der Waals surface area (Å²) in [5, 5.41) is 8.88. The Bertz CT molecular complexity index is 89.0. The molecule has 82 valence electrons. The monoisotopic (exact) mass is 209 g/mol. The summed E-state index contributed by atoms with van der Waals surface area (Å²) in [5.41, 5.74) is 3.54. The Morgan fingerprint density at radius 2 is 1.46 bits per heavy atom. The minimum Gasteiger partial charge on any atom is -1.00 e. The summed E-state index contributed by atoms with van der Waals surface area (Å²) in [5.74, 6) is 0. The van der Waals surface area contributed by atoms with E-state index in [2.05, 4.69) is 12.7 Å². The molecule has 0 amide bonds. The standard InChI is InChI=1S/C10H23NO.ClH/c1-2-3-4-5-6-7-8-9-10(11)12;/h10,12H,2-9,11H2,1H3;1H. The van der Waals surface area contributed by atoms with Gasteiger partial charge >= 0.3 is 0 Å². The molecule has 13 heavy (non-hydrogen) atoms. The molecule has 0 aliphatic heterocycles. The highest BCUT2D eigenvalue weighted by Gasteiger charge is 1.97. The Hall–Kier alpha value is 0.210. The zero-order valence-electron chi connectivity index (χ0n) is 8.77. The molecule has 2 nitrogen and oxygen atoms in total. The van der Waals surface area contributed by atoms with E-state index < -0.39 is 0 Å². The molecular weight excluding hydrogens is 186 g/mol. The van der Waals surface area contributed by atoms with Gasteiger partial charge in [-0.3, -0.25) is 0 Å². The quantitative estimate of drug-likeness (QED) is 0.379. The molecule has 0 spiro atoms. The molecule has 0 saturated carbocycles. The molecule has 0 aliphatic carbocycles. The molecule has 4 N–H and O–H groups in total. The summed E-state index contributed by atoms with van der Waals surface area (Å²) in [7, 11) is 0. The van der Waals surface area contributed by atoms with Gasteiger partial charge in [-0.2, -0.15) is 0 Å². The van der Waals surface area contributed by atoms with Crippen molar-refractivity contribution in [3.63, 3.8) is 0 Å². The van der Waals surface area contributed by atoms with Crippen LogP contribution < -0.4 is 18.1 Å².